The smallest absolute Gasteiger partial charge is 0.390 e. The molecule has 1 amide bonds. The fraction of sp³-hybridized carbons (Fsp3) is 0.500. The molecule has 1 heterocycles. The van der Waals surface area contributed by atoms with Crippen LogP contribution in [0.4, 0.5) is 13.2 Å². The molecule has 4 nitrogen and oxygen atoms in total. The number of halogens is 3. The van der Waals surface area contributed by atoms with Gasteiger partial charge in [-0.05, 0) is 12.1 Å². The van der Waals surface area contributed by atoms with Crippen LogP contribution in [0, 0.1) is 0 Å². The lowest BCUT2D eigenvalue weighted by Crippen LogP contribution is -2.30. The molecule has 96 valence electrons. The summed E-state index contributed by atoms with van der Waals surface area (Å²) in [6.45, 7) is -0.263. The molecular weight excluding hydrogens is 237 g/mol. The molecule has 0 fully saturated rings. The van der Waals surface area contributed by atoms with Crippen molar-refractivity contribution in [1.29, 1.82) is 0 Å². The predicted molar refractivity (Wildman–Crippen MR) is 54.2 cm³/mol. The molecule has 0 saturated heterocycles. The maximum atomic E-state index is 12.0. The van der Waals surface area contributed by atoms with Gasteiger partial charge in [-0.1, -0.05) is 0 Å². The van der Waals surface area contributed by atoms with E-state index in [1.807, 2.05) is 0 Å². The van der Waals surface area contributed by atoms with Gasteiger partial charge in [0.1, 0.15) is 5.76 Å². The number of nitrogens with zero attached hydrogens (tertiary/aromatic N) is 1. The molecule has 0 aromatic carbocycles. The summed E-state index contributed by atoms with van der Waals surface area (Å²) in [6.07, 6.45) is -5.32. The largest absolute Gasteiger partial charge is 0.455 e. The molecule has 1 aromatic heterocycles. The Balaban J connectivity index is 2.57. The Morgan fingerprint density at radius 3 is 2.59 bits per heavy atom. The summed E-state index contributed by atoms with van der Waals surface area (Å²) in [4.78, 5) is 12.6. The lowest BCUT2D eigenvalue weighted by atomic mass is 10.3. The fourth-order valence-electron chi connectivity index (χ4n) is 1.19. The number of amides is 1. The number of rotatable bonds is 4. The van der Waals surface area contributed by atoms with Gasteiger partial charge >= 0.3 is 6.18 Å². The molecule has 2 N–H and O–H groups in total. The van der Waals surface area contributed by atoms with Crippen molar-refractivity contribution in [1.82, 2.24) is 4.90 Å². The number of hydrogen-bond donors (Lipinski definition) is 1. The highest BCUT2D eigenvalue weighted by Crippen LogP contribution is 2.20. The molecule has 1 aromatic rings. The SMILES string of the molecule is CN(CCC(F)(F)F)C(=O)c1ccc(CN)o1. The number of furan rings is 1. The van der Waals surface area contributed by atoms with Gasteiger partial charge in [0.05, 0.1) is 13.0 Å². The molecule has 17 heavy (non-hydrogen) atoms. The third kappa shape index (κ3) is 4.10. The van der Waals surface area contributed by atoms with Crippen molar-refractivity contribution >= 4 is 5.91 Å². The number of carbonyl (C=O) groups is 1. The summed E-state index contributed by atoms with van der Waals surface area (Å²) >= 11 is 0. The molecule has 0 spiro atoms. The van der Waals surface area contributed by atoms with E-state index in [0.29, 0.717) is 5.76 Å². The van der Waals surface area contributed by atoms with Crippen LogP contribution < -0.4 is 5.73 Å². The molecule has 0 saturated carbocycles. The number of carbonyl (C=O) groups excluding carboxylic acids is 1. The van der Waals surface area contributed by atoms with Crippen LogP contribution in [0.3, 0.4) is 0 Å². The lowest BCUT2D eigenvalue weighted by molar-refractivity contribution is -0.136. The highest BCUT2D eigenvalue weighted by molar-refractivity contribution is 5.91. The molecule has 0 unspecified atom stereocenters. The second-order valence-corrected chi connectivity index (χ2v) is 3.56. The zero-order chi connectivity index (χ0) is 13.1. The van der Waals surface area contributed by atoms with Gasteiger partial charge in [0, 0.05) is 13.6 Å². The van der Waals surface area contributed by atoms with Gasteiger partial charge in [0.15, 0.2) is 5.76 Å². The van der Waals surface area contributed by atoms with E-state index in [2.05, 4.69) is 0 Å². The first-order valence-electron chi connectivity index (χ1n) is 4.94. The summed E-state index contributed by atoms with van der Waals surface area (Å²) in [5.74, 6) is -0.179. The Morgan fingerprint density at radius 2 is 2.12 bits per heavy atom. The fourth-order valence-corrected chi connectivity index (χ4v) is 1.19. The van der Waals surface area contributed by atoms with Crippen molar-refractivity contribution < 1.29 is 22.4 Å². The van der Waals surface area contributed by atoms with Gasteiger partial charge in [-0.15, -0.1) is 0 Å². The third-order valence-electron chi connectivity index (χ3n) is 2.15. The van der Waals surface area contributed by atoms with Crippen LogP contribution in [-0.2, 0) is 6.54 Å². The van der Waals surface area contributed by atoms with Gasteiger partial charge in [-0.2, -0.15) is 13.2 Å². The highest BCUT2D eigenvalue weighted by atomic mass is 19.4. The monoisotopic (exact) mass is 250 g/mol. The van der Waals surface area contributed by atoms with Crippen LogP contribution in [0.25, 0.3) is 0 Å². The zero-order valence-electron chi connectivity index (χ0n) is 9.25. The molecule has 0 aliphatic heterocycles. The average molecular weight is 250 g/mol. The molecule has 0 aliphatic rings. The number of hydrogen-bond acceptors (Lipinski definition) is 3. The van der Waals surface area contributed by atoms with Crippen LogP contribution in [0.15, 0.2) is 16.5 Å². The van der Waals surface area contributed by atoms with Crippen molar-refractivity contribution in [3.63, 3.8) is 0 Å². The molecule has 0 radical (unpaired) electrons. The quantitative estimate of drug-likeness (QED) is 0.885. The van der Waals surface area contributed by atoms with E-state index in [1.165, 1.54) is 19.2 Å². The first-order valence-corrected chi connectivity index (χ1v) is 4.94. The Morgan fingerprint density at radius 1 is 1.47 bits per heavy atom. The van der Waals surface area contributed by atoms with Gasteiger partial charge in [-0.3, -0.25) is 4.79 Å². The van der Waals surface area contributed by atoms with Crippen molar-refractivity contribution in [2.24, 2.45) is 5.73 Å². The lowest BCUT2D eigenvalue weighted by Gasteiger charge is -2.16. The average Bonchev–Trinajstić information content (AvgIpc) is 2.72. The van der Waals surface area contributed by atoms with E-state index in [9.17, 15) is 18.0 Å². The Kier molecular flexibility index (Phi) is 4.17. The first-order chi connectivity index (χ1) is 7.83. The Hall–Kier alpha value is -1.50. The van der Waals surface area contributed by atoms with Crippen LogP contribution in [-0.4, -0.2) is 30.6 Å². The van der Waals surface area contributed by atoms with E-state index in [0.717, 1.165) is 4.90 Å². The summed E-state index contributed by atoms with van der Waals surface area (Å²) in [5.41, 5.74) is 5.29. The highest BCUT2D eigenvalue weighted by Gasteiger charge is 2.28. The zero-order valence-corrected chi connectivity index (χ0v) is 9.25. The van der Waals surface area contributed by atoms with Crippen molar-refractivity contribution in [3.05, 3.63) is 23.7 Å². The van der Waals surface area contributed by atoms with Crippen molar-refractivity contribution in [3.8, 4) is 0 Å². The van der Waals surface area contributed by atoms with E-state index >= 15 is 0 Å². The second-order valence-electron chi connectivity index (χ2n) is 3.56. The maximum absolute atomic E-state index is 12.0. The normalized spacial score (nSPS) is 11.6. The number of alkyl halides is 3. The van der Waals surface area contributed by atoms with Gasteiger partial charge in [0.25, 0.3) is 5.91 Å². The summed E-state index contributed by atoms with van der Waals surface area (Å²) in [6, 6.07) is 2.92. The molecular formula is C10H13F3N2O2. The Labute approximate surface area is 96.2 Å². The summed E-state index contributed by atoms with van der Waals surface area (Å²) in [7, 11) is 1.29. The molecule has 7 heteroatoms. The second kappa shape index (κ2) is 5.22. The molecule has 0 atom stereocenters. The third-order valence-corrected chi connectivity index (χ3v) is 2.15. The topological polar surface area (TPSA) is 59.5 Å². The van der Waals surface area contributed by atoms with E-state index in [1.54, 1.807) is 0 Å². The minimum Gasteiger partial charge on any atom is -0.455 e. The van der Waals surface area contributed by atoms with Crippen LogP contribution >= 0.6 is 0 Å². The number of nitrogens with two attached hydrogens (primary N) is 1. The van der Waals surface area contributed by atoms with E-state index in [-0.39, 0.29) is 12.3 Å². The van der Waals surface area contributed by atoms with Gasteiger partial charge < -0.3 is 15.1 Å². The van der Waals surface area contributed by atoms with Crippen LogP contribution in [0.5, 0.6) is 0 Å². The van der Waals surface area contributed by atoms with Crippen molar-refractivity contribution in [2.45, 2.75) is 19.1 Å². The summed E-state index contributed by atoms with van der Waals surface area (Å²) < 4.78 is 40.9. The minimum atomic E-state index is -4.28. The predicted octanol–water partition coefficient (Wildman–Crippen LogP) is 1.76. The van der Waals surface area contributed by atoms with E-state index < -0.39 is 25.0 Å². The van der Waals surface area contributed by atoms with Crippen LogP contribution in [0.1, 0.15) is 22.7 Å². The van der Waals surface area contributed by atoms with Gasteiger partial charge in [-0.25, -0.2) is 0 Å². The summed E-state index contributed by atoms with van der Waals surface area (Å²) in [5, 5.41) is 0. The molecule has 0 bridgehead atoms. The minimum absolute atomic E-state index is 0.00451. The molecule has 1 rings (SSSR count). The van der Waals surface area contributed by atoms with Gasteiger partial charge in [0.2, 0.25) is 0 Å². The van der Waals surface area contributed by atoms with E-state index in [4.69, 9.17) is 10.2 Å². The van der Waals surface area contributed by atoms with Crippen molar-refractivity contribution in [2.75, 3.05) is 13.6 Å². The van der Waals surface area contributed by atoms with Crippen LogP contribution in [0.2, 0.25) is 0 Å². The molecule has 0 aliphatic carbocycles. The first kappa shape index (κ1) is 13.6. The maximum Gasteiger partial charge on any atom is 0.390 e. The standard InChI is InChI=1S/C10H13F3N2O2/c1-15(5-4-10(11,12)13)9(16)8-3-2-7(6-14)17-8/h2-3H,4-6,14H2,1H3. The Bertz CT molecular complexity index is 387.